The minimum absolute atomic E-state index is 0. The summed E-state index contributed by atoms with van der Waals surface area (Å²) in [5.74, 6) is 0.950. The van der Waals surface area contributed by atoms with E-state index in [4.69, 9.17) is 0 Å². The molecule has 0 amide bonds. The Hall–Kier alpha value is -0.740. The Labute approximate surface area is 124 Å². The third-order valence-corrected chi connectivity index (χ3v) is 3.79. The highest BCUT2D eigenvalue weighted by molar-refractivity contribution is 8.14. The third kappa shape index (κ3) is 4.50. The molecule has 1 N–H and O–H groups in total. The highest BCUT2D eigenvalue weighted by Crippen LogP contribution is 2.14. The largest absolute Gasteiger partial charge is 1.00 e. The number of hydrogen-bond acceptors (Lipinski definition) is 1. The molecule has 18 heavy (non-hydrogen) atoms. The van der Waals surface area contributed by atoms with Crippen LogP contribution in [0.5, 0.6) is 0 Å². The van der Waals surface area contributed by atoms with Gasteiger partial charge in [0.05, 0.1) is 13.1 Å². The number of anilines is 1. The molecule has 4 heteroatoms. The predicted molar refractivity (Wildman–Crippen MR) is 77.0 cm³/mol. The fourth-order valence-electron chi connectivity index (χ4n) is 1.91. The molecule has 2 nitrogen and oxygen atoms in total. The van der Waals surface area contributed by atoms with Crippen molar-refractivity contribution in [2.75, 3.05) is 24.2 Å². The molecule has 0 aromatic heterocycles. The van der Waals surface area contributed by atoms with Gasteiger partial charge in [-0.05, 0) is 36.7 Å². The van der Waals surface area contributed by atoms with Crippen molar-refractivity contribution in [2.24, 2.45) is 0 Å². The Bertz CT molecular complexity index is 396. The minimum atomic E-state index is 0. The summed E-state index contributed by atoms with van der Waals surface area (Å²) in [5.41, 5.74) is 1.16. The first-order valence-electron chi connectivity index (χ1n) is 6.08. The van der Waals surface area contributed by atoms with Crippen molar-refractivity contribution >= 4 is 22.6 Å². The lowest BCUT2D eigenvalue weighted by molar-refractivity contribution is -0.503. The number of halogens is 1. The van der Waals surface area contributed by atoms with E-state index < -0.39 is 0 Å². The second kappa shape index (κ2) is 8.38. The summed E-state index contributed by atoms with van der Waals surface area (Å²) < 4.78 is 2.43. The Morgan fingerprint density at radius 3 is 2.56 bits per heavy atom. The summed E-state index contributed by atoms with van der Waals surface area (Å²) in [4.78, 5) is 0. The van der Waals surface area contributed by atoms with Gasteiger partial charge in [0, 0.05) is 5.75 Å². The Morgan fingerprint density at radius 2 is 1.94 bits per heavy atom. The van der Waals surface area contributed by atoms with Gasteiger partial charge < -0.3 is 17.0 Å². The first-order chi connectivity index (χ1) is 8.40. The topological polar surface area (TPSA) is 15.0 Å². The van der Waals surface area contributed by atoms with Crippen molar-refractivity contribution in [1.29, 1.82) is 0 Å². The number of benzene rings is 1. The van der Waals surface area contributed by atoms with Crippen LogP contribution in [0, 0.1) is 0 Å². The molecule has 1 fully saturated rings. The van der Waals surface area contributed by atoms with Crippen LogP contribution in [0.3, 0.4) is 0 Å². The van der Waals surface area contributed by atoms with Crippen LogP contribution in [0.1, 0.15) is 12.8 Å². The number of rotatable bonds is 3. The normalized spacial score (nSPS) is 13.9. The predicted octanol–water partition coefficient (Wildman–Crippen LogP) is 0.184. The van der Waals surface area contributed by atoms with Crippen LogP contribution in [-0.2, 0) is 0 Å². The molecule has 0 atom stereocenters. The van der Waals surface area contributed by atoms with Crippen LogP contribution < -0.4 is 22.3 Å². The van der Waals surface area contributed by atoms with Crippen LogP contribution in [0.15, 0.2) is 43.0 Å². The average Bonchev–Trinajstić information content (AvgIpc) is 2.89. The van der Waals surface area contributed by atoms with Gasteiger partial charge in [-0.3, -0.25) is 4.58 Å². The van der Waals surface area contributed by atoms with Gasteiger partial charge in [-0.25, -0.2) is 5.32 Å². The summed E-state index contributed by atoms with van der Waals surface area (Å²) in [5, 5.41) is 4.77. The van der Waals surface area contributed by atoms with E-state index in [1.54, 1.807) is 0 Å². The number of nitrogens with one attached hydrogen (secondary N) is 1. The maximum absolute atomic E-state index is 3.79. The van der Waals surface area contributed by atoms with E-state index in [1.807, 2.05) is 23.9 Å². The molecule has 1 heterocycles. The van der Waals surface area contributed by atoms with Crippen molar-refractivity contribution in [3.63, 3.8) is 0 Å². The monoisotopic (exact) mass is 326 g/mol. The molecule has 1 aliphatic heterocycles. The zero-order valence-corrected chi connectivity index (χ0v) is 12.8. The number of para-hydroxylation sites is 1. The van der Waals surface area contributed by atoms with E-state index in [1.165, 1.54) is 31.1 Å². The highest BCUT2D eigenvalue weighted by Gasteiger charge is 2.18. The van der Waals surface area contributed by atoms with Crippen LogP contribution >= 0.6 is 11.8 Å². The molecule has 98 valence electrons. The lowest BCUT2D eigenvalue weighted by Crippen LogP contribution is -3.00. The van der Waals surface area contributed by atoms with Crippen LogP contribution in [0.2, 0.25) is 0 Å². The van der Waals surface area contributed by atoms with E-state index in [-0.39, 0.29) is 17.0 Å². The molecule has 1 aliphatic rings. The zero-order chi connectivity index (χ0) is 11.9. The summed E-state index contributed by atoms with van der Waals surface area (Å²) in [6.07, 6.45) is 4.55. The highest BCUT2D eigenvalue weighted by atomic mass is 79.9. The quantitative estimate of drug-likeness (QED) is 0.484. The molecular formula is C14H19BrN2S. The second-order valence-electron chi connectivity index (χ2n) is 4.09. The molecule has 0 bridgehead atoms. The summed E-state index contributed by atoms with van der Waals surface area (Å²) in [6.45, 7) is 6.12. The molecule has 0 radical (unpaired) electrons. The first kappa shape index (κ1) is 15.3. The van der Waals surface area contributed by atoms with E-state index in [9.17, 15) is 0 Å². The Morgan fingerprint density at radius 1 is 1.28 bits per heavy atom. The van der Waals surface area contributed by atoms with E-state index in [2.05, 4.69) is 40.7 Å². The van der Waals surface area contributed by atoms with Crippen molar-refractivity contribution < 1.29 is 21.6 Å². The van der Waals surface area contributed by atoms with Crippen molar-refractivity contribution in [3.8, 4) is 0 Å². The molecule has 0 spiro atoms. The standard InChI is InChI=1S/C14H18N2S.BrH/c1-2-12-17-14(16-10-6-7-11-16)15-13-8-4-3-5-9-13;/h2-5,8-9H,1,6-7,10-12H2;1H. The fourth-order valence-corrected chi connectivity index (χ4v) is 2.74. The van der Waals surface area contributed by atoms with Gasteiger partial charge in [0.2, 0.25) is 0 Å². The van der Waals surface area contributed by atoms with Crippen LogP contribution in [0.4, 0.5) is 5.69 Å². The van der Waals surface area contributed by atoms with Crippen molar-refractivity contribution in [2.45, 2.75) is 12.8 Å². The van der Waals surface area contributed by atoms with Crippen molar-refractivity contribution in [3.05, 3.63) is 43.0 Å². The number of thioether (sulfide) groups is 1. The van der Waals surface area contributed by atoms with Gasteiger partial charge in [0.25, 0.3) is 0 Å². The minimum Gasteiger partial charge on any atom is -1.00 e. The lowest BCUT2D eigenvalue weighted by atomic mass is 10.3. The molecule has 1 aromatic rings. The number of hydrogen-bond donors (Lipinski definition) is 1. The number of nitrogens with zero attached hydrogens (tertiary/aromatic N) is 1. The Kier molecular flexibility index (Phi) is 7.13. The van der Waals surface area contributed by atoms with Gasteiger partial charge in [0.15, 0.2) is 0 Å². The van der Waals surface area contributed by atoms with E-state index in [0.717, 1.165) is 11.4 Å². The van der Waals surface area contributed by atoms with Gasteiger partial charge >= 0.3 is 5.17 Å². The molecule has 2 rings (SSSR count). The van der Waals surface area contributed by atoms with E-state index in [0.29, 0.717) is 0 Å². The van der Waals surface area contributed by atoms with E-state index >= 15 is 0 Å². The summed E-state index contributed by atoms with van der Waals surface area (Å²) >= 11 is 1.83. The SMILES string of the molecule is C=CCSC(Nc1ccccc1)=[N+]1CCCC1.[Br-]. The summed E-state index contributed by atoms with van der Waals surface area (Å²) in [6, 6.07) is 10.4. The smallest absolute Gasteiger partial charge is 0.311 e. The number of amidine groups is 1. The van der Waals surface area contributed by atoms with Gasteiger partial charge in [-0.1, -0.05) is 24.3 Å². The lowest BCUT2D eigenvalue weighted by Gasteiger charge is -2.06. The molecule has 1 saturated heterocycles. The molecule has 0 aliphatic carbocycles. The maximum atomic E-state index is 3.79. The maximum Gasteiger partial charge on any atom is 0.311 e. The molecule has 1 aromatic carbocycles. The average molecular weight is 327 g/mol. The Balaban J connectivity index is 0.00000162. The molecular weight excluding hydrogens is 308 g/mol. The van der Waals surface area contributed by atoms with Crippen molar-refractivity contribution in [1.82, 2.24) is 0 Å². The van der Waals surface area contributed by atoms with Crippen LogP contribution in [0.25, 0.3) is 0 Å². The summed E-state index contributed by atoms with van der Waals surface area (Å²) in [7, 11) is 0. The van der Waals surface area contributed by atoms with Gasteiger partial charge in [-0.15, -0.1) is 6.58 Å². The van der Waals surface area contributed by atoms with Gasteiger partial charge in [-0.2, -0.15) is 0 Å². The zero-order valence-electron chi connectivity index (χ0n) is 10.4. The second-order valence-corrected chi connectivity index (χ2v) is 5.10. The fraction of sp³-hybridized carbons (Fsp3) is 0.357. The molecule has 0 saturated carbocycles. The molecule has 0 unspecified atom stereocenters. The third-order valence-electron chi connectivity index (χ3n) is 2.76. The van der Waals surface area contributed by atoms with Crippen LogP contribution in [-0.4, -0.2) is 28.6 Å². The first-order valence-corrected chi connectivity index (χ1v) is 7.06. The van der Waals surface area contributed by atoms with Gasteiger partial charge in [0.1, 0.15) is 5.69 Å².